The van der Waals surface area contributed by atoms with Gasteiger partial charge >= 0.3 is 5.69 Å². The number of carbonyl (C=O) groups excluding carboxylic acids is 1. The molecule has 2 aliphatic heterocycles. The van der Waals surface area contributed by atoms with Crippen molar-refractivity contribution >= 4 is 5.91 Å². The molecule has 1 aromatic heterocycles. The average molecular weight is 371 g/mol. The molecular formula is C18H25N7O2. The van der Waals surface area contributed by atoms with Crippen LogP contribution in [0.15, 0.2) is 35.1 Å². The molecule has 144 valence electrons. The zero-order valence-corrected chi connectivity index (χ0v) is 15.1. The lowest BCUT2D eigenvalue weighted by atomic mass is 9.95. The van der Waals surface area contributed by atoms with Gasteiger partial charge in [-0.1, -0.05) is 30.3 Å². The van der Waals surface area contributed by atoms with Gasteiger partial charge < -0.3 is 10.6 Å². The fraction of sp³-hybridized carbons (Fsp3) is 0.500. The van der Waals surface area contributed by atoms with Gasteiger partial charge in [-0.05, 0) is 18.4 Å². The number of piperidine rings is 1. The van der Waals surface area contributed by atoms with Crippen LogP contribution in [0.1, 0.15) is 36.6 Å². The van der Waals surface area contributed by atoms with Crippen LogP contribution in [0.2, 0.25) is 0 Å². The van der Waals surface area contributed by atoms with Gasteiger partial charge in [-0.3, -0.25) is 9.36 Å². The zero-order chi connectivity index (χ0) is 18.8. The Kier molecular flexibility index (Phi) is 5.06. The van der Waals surface area contributed by atoms with E-state index in [0.29, 0.717) is 26.1 Å². The summed E-state index contributed by atoms with van der Waals surface area (Å²) in [6.07, 6.45) is 1.98. The molecule has 0 aliphatic carbocycles. The number of nitrogens with two attached hydrogens (primary N) is 1. The number of nitrogens with zero attached hydrogens (tertiary/aromatic N) is 3. The third kappa shape index (κ3) is 3.80. The van der Waals surface area contributed by atoms with Crippen molar-refractivity contribution in [2.75, 3.05) is 13.1 Å². The summed E-state index contributed by atoms with van der Waals surface area (Å²) in [4.78, 5) is 26.7. The minimum Gasteiger partial charge on any atom is -0.341 e. The van der Waals surface area contributed by atoms with Gasteiger partial charge in [0.25, 0.3) is 0 Å². The van der Waals surface area contributed by atoms with E-state index in [-0.39, 0.29) is 29.7 Å². The fourth-order valence-electron chi connectivity index (χ4n) is 3.88. The van der Waals surface area contributed by atoms with Crippen molar-refractivity contribution in [2.24, 2.45) is 5.73 Å². The lowest BCUT2D eigenvalue weighted by molar-refractivity contribution is -0.134. The molecule has 2 atom stereocenters. The Labute approximate surface area is 156 Å². The third-order valence-corrected chi connectivity index (χ3v) is 5.37. The SMILES string of the molecule is NC1CC(C(=O)N2CCC(c3n[nH]c(=O)n3Cc3ccccc3)CC2)NN1. The molecule has 0 bridgehead atoms. The first-order valence-corrected chi connectivity index (χ1v) is 9.36. The van der Waals surface area contributed by atoms with Crippen LogP contribution in [0, 0.1) is 0 Å². The topological polar surface area (TPSA) is 121 Å². The number of H-pyrrole nitrogens is 1. The molecule has 9 heteroatoms. The van der Waals surface area contributed by atoms with Gasteiger partial charge in [-0.2, -0.15) is 5.10 Å². The number of benzene rings is 1. The minimum absolute atomic E-state index is 0.0811. The second kappa shape index (κ2) is 7.63. The highest BCUT2D eigenvalue weighted by atomic mass is 16.2. The van der Waals surface area contributed by atoms with Crippen molar-refractivity contribution in [2.45, 2.75) is 43.9 Å². The van der Waals surface area contributed by atoms with Gasteiger partial charge in [0.2, 0.25) is 5.91 Å². The zero-order valence-electron chi connectivity index (χ0n) is 15.1. The van der Waals surface area contributed by atoms with Crippen LogP contribution in [0.25, 0.3) is 0 Å². The van der Waals surface area contributed by atoms with Crippen LogP contribution in [-0.4, -0.2) is 50.9 Å². The minimum atomic E-state index is -0.266. The van der Waals surface area contributed by atoms with E-state index in [0.717, 1.165) is 24.2 Å². The molecule has 27 heavy (non-hydrogen) atoms. The molecular weight excluding hydrogens is 346 g/mol. The Hall–Kier alpha value is -2.49. The number of aromatic nitrogens is 3. The number of nitrogens with one attached hydrogen (secondary N) is 3. The summed E-state index contributed by atoms with van der Waals surface area (Å²) >= 11 is 0. The quantitative estimate of drug-likeness (QED) is 0.574. The second-order valence-electron chi connectivity index (χ2n) is 7.24. The Morgan fingerprint density at radius 1 is 1.19 bits per heavy atom. The summed E-state index contributed by atoms with van der Waals surface area (Å²) in [7, 11) is 0. The third-order valence-electron chi connectivity index (χ3n) is 5.37. The van der Waals surface area contributed by atoms with Gasteiger partial charge in [0.15, 0.2) is 0 Å². The summed E-state index contributed by atoms with van der Waals surface area (Å²) in [5, 5.41) is 6.86. The van der Waals surface area contributed by atoms with Crippen LogP contribution in [0.4, 0.5) is 0 Å². The number of likely N-dealkylation sites (tertiary alicyclic amines) is 1. The number of amides is 1. The highest BCUT2D eigenvalue weighted by Gasteiger charge is 2.33. The molecule has 0 radical (unpaired) electrons. The smallest absolute Gasteiger partial charge is 0.341 e. The van der Waals surface area contributed by atoms with E-state index in [1.165, 1.54) is 0 Å². The molecule has 0 spiro atoms. The molecule has 0 saturated carbocycles. The van der Waals surface area contributed by atoms with E-state index in [2.05, 4.69) is 21.0 Å². The van der Waals surface area contributed by atoms with Gasteiger partial charge in [0, 0.05) is 25.4 Å². The van der Waals surface area contributed by atoms with E-state index in [1.54, 1.807) is 4.57 Å². The van der Waals surface area contributed by atoms with E-state index in [4.69, 9.17) is 5.73 Å². The molecule has 4 rings (SSSR count). The van der Waals surface area contributed by atoms with E-state index in [1.807, 2.05) is 35.2 Å². The van der Waals surface area contributed by atoms with E-state index in [9.17, 15) is 9.59 Å². The maximum absolute atomic E-state index is 12.6. The number of hydrazine groups is 1. The predicted molar refractivity (Wildman–Crippen MR) is 99.6 cm³/mol. The molecule has 2 saturated heterocycles. The van der Waals surface area contributed by atoms with Gasteiger partial charge in [0.1, 0.15) is 11.9 Å². The molecule has 2 unspecified atom stereocenters. The van der Waals surface area contributed by atoms with E-state index < -0.39 is 0 Å². The predicted octanol–water partition coefficient (Wildman–Crippen LogP) is -0.523. The fourth-order valence-corrected chi connectivity index (χ4v) is 3.88. The summed E-state index contributed by atoms with van der Waals surface area (Å²) in [5.41, 5.74) is 12.5. The highest BCUT2D eigenvalue weighted by molar-refractivity contribution is 5.82. The van der Waals surface area contributed by atoms with Crippen molar-refractivity contribution in [1.82, 2.24) is 30.5 Å². The van der Waals surface area contributed by atoms with Crippen LogP contribution in [0.3, 0.4) is 0 Å². The number of carbonyl (C=O) groups is 1. The molecule has 1 aromatic carbocycles. The molecule has 3 heterocycles. The first kappa shape index (κ1) is 17.9. The molecule has 2 fully saturated rings. The van der Waals surface area contributed by atoms with Crippen molar-refractivity contribution in [1.29, 1.82) is 0 Å². The maximum Gasteiger partial charge on any atom is 0.343 e. The molecule has 2 aliphatic rings. The van der Waals surface area contributed by atoms with Gasteiger partial charge in [0.05, 0.1) is 12.7 Å². The maximum atomic E-state index is 12.6. The number of aromatic amines is 1. The van der Waals surface area contributed by atoms with Crippen LogP contribution in [-0.2, 0) is 11.3 Å². The number of rotatable bonds is 4. The molecule has 1 amide bonds. The lowest BCUT2D eigenvalue weighted by Crippen LogP contribution is -2.48. The van der Waals surface area contributed by atoms with Crippen LogP contribution in [0.5, 0.6) is 0 Å². The summed E-state index contributed by atoms with van der Waals surface area (Å²) < 4.78 is 1.71. The van der Waals surface area contributed by atoms with Crippen molar-refractivity contribution in [3.63, 3.8) is 0 Å². The monoisotopic (exact) mass is 371 g/mol. The van der Waals surface area contributed by atoms with Crippen molar-refractivity contribution < 1.29 is 4.79 Å². The highest BCUT2D eigenvalue weighted by Crippen LogP contribution is 2.27. The Balaban J connectivity index is 1.41. The average Bonchev–Trinajstić information content (AvgIpc) is 3.29. The molecule has 9 nitrogen and oxygen atoms in total. The van der Waals surface area contributed by atoms with E-state index >= 15 is 0 Å². The number of hydrogen-bond donors (Lipinski definition) is 4. The largest absolute Gasteiger partial charge is 0.343 e. The Morgan fingerprint density at radius 2 is 1.93 bits per heavy atom. The standard InChI is InChI=1S/C18H25N7O2/c19-15-10-14(20-21-15)17(26)24-8-6-13(7-9-24)16-22-23-18(27)25(16)11-12-4-2-1-3-5-12/h1-5,13-15,20-21H,6-11,19H2,(H,23,27). The summed E-state index contributed by atoms with van der Waals surface area (Å²) in [6, 6.07) is 9.61. The molecule has 2 aromatic rings. The van der Waals surface area contributed by atoms with Crippen molar-refractivity contribution in [3.8, 4) is 0 Å². The van der Waals surface area contributed by atoms with Crippen molar-refractivity contribution in [3.05, 3.63) is 52.2 Å². The van der Waals surface area contributed by atoms with Gasteiger partial charge in [-0.15, -0.1) is 0 Å². The Bertz CT molecular complexity index is 839. The summed E-state index contributed by atoms with van der Waals surface area (Å²) in [6.45, 7) is 1.81. The normalized spacial score (nSPS) is 23.7. The number of hydrogen-bond acceptors (Lipinski definition) is 6. The second-order valence-corrected chi connectivity index (χ2v) is 7.24. The van der Waals surface area contributed by atoms with Crippen LogP contribution < -0.4 is 22.3 Å². The van der Waals surface area contributed by atoms with Crippen LogP contribution >= 0.6 is 0 Å². The Morgan fingerprint density at radius 3 is 2.59 bits per heavy atom. The first-order valence-electron chi connectivity index (χ1n) is 9.36. The van der Waals surface area contributed by atoms with Gasteiger partial charge in [-0.25, -0.2) is 20.7 Å². The lowest BCUT2D eigenvalue weighted by Gasteiger charge is -2.33. The summed E-state index contributed by atoms with van der Waals surface area (Å²) in [5.74, 6) is 1.02. The molecule has 5 N–H and O–H groups in total. The first-order chi connectivity index (χ1) is 13.1.